The molecule has 118 valence electrons. The second-order valence-corrected chi connectivity index (χ2v) is 5.50. The molecule has 0 aliphatic heterocycles. The molecule has 2 amide bonds. The number of thiophene rings is 1. The fraction of sp³-hybridized carbons (Fsp3) is 0. The number of nitro benzene ring substituents is 1. The number of carbonyl (C=O) groups is 2. The number of non-ortho nitro benzene ring substituents is 1. The molecule has 0 radical (unpaired) electrons. The summed E-state index contributed by atoms with van der Waals surface area (Å²) in [6.07, 6.45) is 0. The highest BCUT2D eigenvalue weighted by molar-refractivity contribution is 7.80. The van der Waals surface area contributed by atoms with Crippen LogP contribution in [0.3, 0.4) is 0 Å². The summed E-state index contributed by atoms with van der Waals surface area (Å²) in [6.45, 7) is 0. The summed E-state index contributed by atoms with van der Waals surface area (Å²) in [6, 6.07) is 8.56. The highest BCUT2D eigenvalue weighted by atomic mass is 32.1. The molecule has 0 spiro atoms. The summed E-state index contributed by atoms with van der Waals surface area (Å²) < 4.78 is 0. The molecule has 0 aliphatic rings. The van der Waals surface area contributed by atoms with Crippen molar-refractivity contribution in [3.63, 3.8) is 0 Å². The molecule has 0 atom stereocenters. The van der Waals surface area contributed by atoms with Crippen molar-refractivity contribution in [1.29, 1.82) is 0 Å². The number of hydrogen-bond donors (Lipinski definition) is 3. The molecule has 0 saturated carbocycles. The summed E-state index contributed by atoms with van der Waals surface area (Å²) in [7, 11) is 0. The van der Waals surface area contributed by atoms with Crippen LogP contribution >= 0.6 is 23.6 Å². The monoisotopic (exact) mass is 350 g/mol. The van der Waals surface area contributed by atoms with E-state index < -0.39 is 16.7 Å². The summed E-state index contributed by atoms with van der Waals surface area (Å²) in [5.74, 6) is -1.02. The molecule has 10 heteroatoms. The van der Waals surface area contributed by atoms with E-state index in [1.165, 1.54) is 29.5 Å². The van der Waals surface area contributed by atoms with Gasteiger partial charge in [0.05, 0.1) is 9.80 Å². The van der Waals surface area contributed by atoms with E-state index in [1.54, 1.807) is 17.5 Å². The van der Waals surface area contributed by atoms with Crippen LogP contribution in [0.1, 0.15) is 20.0 Å². The van der Waals surface area contributed by atoms with Crippen LogP contribution in [-0.2, 0) is 0 Å². The molecule has 0 unspecified atom stereocenters. The molecular formula is C13H10N4O4S2. The average Bonchev–Trinajstić information content (AvgIpc) is 3.07. The topological polar surface area (TPSA) is 113 Å². The minimum Gasteiger partial charge on any atom is -0.298 e. The molecule has 1 aromatic carbocycles. The number of nitrogens with zero attached hydrogens (tertiary/aromatic N) is 1. The zero-order chi connectivity index (χ0) is 16.8. The summed E-state index contributed by atoms with van der Waals surface area (Å²) in [4.78, 5) is 34.2. The van der Waals surface area contributed by atoms with Gasteiger partial charge in [0.1, 0.15) is 0 Å². The zero-order valence-electron chi connectivity index (χ0n) is 11.4. The summed E-state index contributed by atoms with van der Waals surface area (Å²) in [5.41, 5.74) is 4.58. The molecule has 23 heavy (non-hydrogen) atoms. The molecule has 3 N–H and O–H groups in total. The van der Waals surface area contributed by atoms with Crippen molar-refractivity contribution in [2.45, 2.75) is 0 Å². The largest absolute Gasteiger partial charge is 0.298 e. The van der Waals surface area contributed by atoms with E-state index in [4.69, 9.17) is 12.2 Å². The number of thiocarbonyl (C=S) groups is 1. The van der Waals surface area contributed by atoms with Gasteiger partial charge >= 0.3 is 0 Å². The lowest BCUT2D eigenvalue weighted by Crippen LogP contribution is -2.48. The third-order valence-electron chi connectivity index (χ3n) is 2.58. The Kier molecular flexibility index (Phi) is 5.33. The van der Waals surface area contributed by atoms with Gasteiger partial charge in [0.15, 0.2) is 5.11 Å². The second-order valence-electron chi connectivity index (χ2n) is 4.15. The Balaban J connectivity index is 1.90. The third kappa shape index (κ3) is 4.56. The van der Waals surface area contributed by atoms with Crippen molar-refractivity contribution in [2.24, 2.45) is 0 Å². The van der Waals surface area contributed by atoms with Gasteiger partial charge in [-0.05, 0) is 29.7 Å². The van der Waals surface area contributed by atoms with Gasteiger partial charge in [0.2, 0.25) is 0 Å². The van der Waals surface area contributed by atoms with E-state index in [0.29, 0.717) is 4.88 Å². The van der Waals surface area contributed by atoms with Crippen LogP contribution < -0.4 is 16.2 Å². The first-order chi connectivity index (χ1) is 11.0. The lowest BCUT2D eigenvalue weighted by Gasteiger charge is -2.10. The van der Waals surface area contributed by atoms with Crippen molar-refractivity contribution in [3.8, 4) is 0 Å². The first-order valence-electron chi connectivity index (χ1n) is 6.17. The zero-order valence-corrected chi connectivity index (χ0v) is 13.1. The Morgan fingerprint density at radius 1 is 1.13 bits per heavy atom. The van der Waals surface area contributed by atoms with Gasteiger partial charge in [-0.25, -0.2) is 0 Å². The molecule has 1 aromatic heterocycles. The van der Waals surface area contributed by atoms with E-state index in [-0.39, 0.29) is 16.4 Å². The lowest BCUT2D eigenvalue weighted by molar-refractivity contribution is -0.384. The Morgan fingerprint density at radius 3 is 2.57 bits per heavy atom. The van der Waals surface area contributed by atoms with Gasteiger partial charge in [-0.2, -0.15) is 0 Å². The van der Waals surface area contributed by atoms with Crippen LogP contribution in [0.5, 0.6) is 0 Å². The Hall–Kier alpha value is -2.85. The Morgan fingerprint density at radius 2 is 1.91 bits per heavy atom. The first kappa shape index (κ1) is 16.5. The van der Waals surface area contributed by atoms with Crippen LogP contribution in [0.25, 0.3) is 0 Å². The SMILES string of the molecule is O=C(NC(=S)NNC(=O)c1cccs1)c1cccc([N+](=O)[O-])c1. The first-order valence-corrected chi connectivity index (χ1v) is 7.46. The average molecular weight is 350 g/mol. The van der Waals surface area contributed by atoms with Crippen molar-refractivity contribution >= 4 is 46.2 Å². The number of carbonyl (C=O) groups excluding carboxylic acids is 2. The number of nitrogens with one attached hydrogen (secondary N) is 3. The molecule has 1 heterocycles. The highest BCUT2D eigenvalue weighted by Crippen LogP contribution is 2.12. The van der Waals surface area contributed by atoms with Crippen LogP contribution in [0.15, 0.2) is 41.8 Å². The van der Waals surface area contributed by atoms with Crippen molar-refractivity contribution in [3.05, 3.63) is 62.3 Å². The normalized spacial score (nSPS) is 9.74. The number of amides is 2. The minimum atomic E-state index is -0.628. The van der Waals surface area contributed by atoms with E-state index in [1.807, 2.05) is 0 Å². The van der Waals surface area contributed by atoms with Crippen LogP contribution in [0.2, 0.25) is 0 Å². The van der Waals surface area contributed by atoms with Gasteiger partial charge in [-0.3, -0.25) is 35.9 Å². The van der Waals surface area contributed by atoms with Gasteiger partial charge in [0.25, 0.3) is 17.5 Å². The number of hydrazine groups is 1. The Bertz CT molecular complexity index is 761. The molecule has 0 bridgehead atoms. The van der Waals surface area contributed by atoms with Gasteiger partial charge < -0.3 is 0 Å². The number of nitro groups is 1. The molecule has 8 nitrogen and oxygen atoms in total. The fourth-order valence-corrected chi connectivity index (χ4v) is 2.31. The van der Waals surface area contributed by atoms with E-state index in [0.717, 1.165) is 6.07 Å². The predicted molar refractivity (Wildman–Crippen MR) is 88.1 cm³/mol. The number of benzene rings is 1. The fourth-order valence-electron chi connectivity index (χ4n) is 1.55. The van der Waals surface area contributed by atoms with Crippen LogP contribution in [-0.4, -0.2) is 21.9 Å². The maximum atomic E-state index is 11.9. The third-order valence-corrected chi connectivity index (χ3v) is 3.65. The molecule has 2 rings (SSSR count). The van der Waals surface area contributed by atoms with Crippen LogP contribution in [0, 0.1) is 10.1 Å². The number of hydrogen-bond acceptors (Lipinski definition) is 6. The molecule has 2 aromatic rings. The number of rotatable bonds is 3. The van der Waals surface area contributed by atoms with E-state index >= 15 is 0 Å². The second kappa shape index (κ2) is 7.42. The summed E-state index contributed by atoms with van der Waals surface area (Å²) in [5, 5.41) is 14.6. The van der Waals surface area contributed by atoms with E-state index in [9.17, 15) is 19.7 Å². The van der Waals surface area contributed by atoms with Crippen LogP contribution in [0.4, 0.5) is 5.69 Å². The molecule has 0 fully saturated rings. The van der Waals surface area contributed by atoms with Crippen molar-refractivity contribution < 1.29 is 14.5 Å². The van der Waals surface area contributed by atoms with Gasteiger partial charge in [0, 0.05) is 17.7 Å². The maximum Gasteiger partial charge on any atom is 0.279 e. The van der Waals surface area contributed by atoms with Crippen molar-refractivity contribution in [2.75, 3.05) is 0 Å². The molecule has 0 aliphatic carbocycles. The smallest absolute Gasteiger partial charge is 0.279 e. The Labute approximate surface area is 139 Å². The minimum absolute atomic E-state index is 0.0768. The van der Waals surface area contributed by atoms with Gasteiger partial charge in [-0.1, -0.05) is 12.1 Å². The van der Waals surface area contributed by atoms with Gasteiger partial charge in [-0.15, -0.1) is 11.3 Å². The maximum absolute atomic E-state index is 11.9. The standard InChI is InChI=1S/C13H10N4O4S2/c18-11(8-3-1-4-9(7-8)17(20)21)14-13(22)16-15-12(19)10-5-2-6-23-10/h1-7H,(H,15,19)(H2,14,16,18,22). The molecule has 0 saturated heterocycles. The summed E-state index contributed by atoms with van der Waals surface area (Å²) >= 11 is 6.13. The highest BCUT2D eigenvalue weighted by Gasteiger charge is 2.13. The van der Waals surface area contributed by atoms with E-state index in [2.05, 4.69) is 16.2 Å². The quantitative estimate of drug-likeness (QED) is 0.440. The molecular weight excluding hydrogens is 340 g/mol. The lowest BCUT2D eigenvalue weighted by atomic mass is 10.2. The van der Waals surface area contributed by atoms with Crippen molar-refractivity contribution in [1.82, 2.24) is 16.2 Å². The predicted octanol–water partition coefficient (Wildman–Crippen LogP) is 1.61.